The fourth-order valence-electron chi connectivity index (χ4n) is 4.38. The van der Waals surface area contributed by atoms with Gasteiger partial charge in [-0.15, -0.1) is 0 Å². The van der Waals surface area contributed by atoms with Gasteiger partial charge in [-0.2, -0.15) is 23.4 Å². The first-order chi connectivity index (χ1) is 14.2. The maximum atomic E-state index is 13.7. The van der Waals surface area contributed by atoms with Gasteiger partial charge in [0.05, 0.1) is 11.7 Å². The molecule has 7 nitrogen and oxygen atoms in total. The van der Waals surface area contributed by atoms with E-state index in [1.165, 1.54) is 0 Å². The average molecular weight is 424 g/mol. The molecule has 4 rings (SSSR count). The van der Waals surface area contributed by atoms with Gasteiger partial charge in [0.25, 0.3) is 0 Å². The number of hydrogen-bond acceptors (Lipinski definition) is 4. The van der Waals surface area contributed by atoms with Crippen molar-refractivity contribution in [3.8, 4) is 0 Å². The molecule has 0 bridgehead atoms. The Balaban J connectivity index is 1.54. The van der Waals surface area contributed by atoms with Crippen LogP contribution in [-0.2, 0) is 11.3 Å². The Labute approximate surface area is 173 Å². The van der Waals surface area contributed by atoms with E-state index in [2.05, 4.69) is 15.5 Å². The molecule has 4 heterocycles. The van der Waals surface area contributed by atoms with Crippen molar-refractivity contribution in [1.82, 2.24) is 24.5 Å². The molecule has 10 heteroatoms. The molecule has 1 N–H and O–H groups in total. The van der Waals surface area contributed by atoms with Gasteiger partial charge in [-0.05, 0) is 31.2 Å². The molecule has 2 aliphatic rings. The molecule has 1 unspecified atom stereocenters. The van der Waals surface area contributed by atoms with Crippen LogP contribution in [0.25, 0.3) is 0 Å². The third-order valence-corrected chi connectivity index (χ3v) is 6.07. The highest BCUT2D eigenvalue weighted by Gasteiger charge is 2.47. The van der Waals surface area contributed by atoms with Crippen molar-refractivity contribution in [3.05, 3.63) is 30.2 Å². The summed E-state index contributed by atoms with van der Waals surface area (Å²) in [5.41, 5.74) is 0.529. The number of nitrogens with one attached hydrogen (secondary N) is 1. The Morgan fingerprint density at radius 1 is 1.37 bits per heavy atom. The lowest BCUT2D eigenvalue weighted by Gasteiger charge is -2.35. The molecular formula is C20H27F3N6O. The van der Waals surface area contributed by atoms with Crippen molar-refractivity contribution in [2.45, 2.75) is 70.4 Å². The molecule has 1 saturated heterocycles. The lowest BCUT2D eigenvalue weighted by Crippen LogP contribution is -2.41. The first-order valence-electron chi connectivity index (χ1n) is 10.4. The van der Waals surface area contributed by atoms with Gasteiger partial charge in [0.15, 0.2) is 6.04 Å². The van der Waals surface area contributed by atoms with Gasteiger partial charge in [0, 0.05) is 44.0 Å². The Kier molecular flexibility index (Phi) is 5.50. The molecule has 0 aliphatic carbocycles. The van der Waals surface area contributed by atoms with E-state index in [0.29, 0.717) is 37.4 Å². The molecule has 2 aromatic rings. The van der Waals surface area contributed by atoms with E-state index in [1.807, 2.05) is 13.8 Å². The number of nitrogens with zero attached hydrogens (tertiary/aromatic N) is 5. The molecule has 1 amide bonds. The number of aryl methyl sites for hydroxylation is 1. The van der Waals surface area contributed by atoms with Crippen LogP contribution in [0.15, 0.2) is 24.5 Å². The van der Waals surface area contributed by atoms with Gasteiger partial charge in [-0.25, -0.2) is 4.68 Å². The quantitative estimate of drug-likeness (QED) is 0.793. The molecule has 0 saturated carbocycles. The number of fused-ring (bicyclic) bond motifs is 1. The van der Waals surface area contributed by atoms with Gasteiger partial charge in [0.2, 0.25) is 5.91 Å². The van der Waals surface area contributed by atoms with Gasteiger partial charge in [-0.1, -0.05) is 13.8 Å². The van der Waals surface area contributed by atoms with E-state index < -0.39 is 12.2 Å². The third kappa shape index (κ3) is 4.04. The van der Waals surface area contributed by atoms with Crippen LogP contribution < -0.4 is 5.32 Å². The monoisotopic (exact) mass is 424 g/mol. The molecule has 0 aromatic carbocycles. The molecule has 164 valence electrons. The van der Waals surface area contributed by atoms with Crippen LogP contribution in [0.2, 0.25) is 0 Å². The number of alkyl halides is 3. The standard InChI is InChI=1S/C20H27F3N6O/c1-13(2)14-11-17(20(21,22)23)29-18(25-14)12-15(26-29)16-5-3-9-28(16)19(30)6-10-27-8-4-7-24-27/h4,7-8,12-14,16-17,25H,3,5-6,9-11H2,1-2H3/t14-,16?,17+/m0/s1. The van der Waals surface area contributed by atoms with Gasteiger partial charge < -0.3 is 10.2 Å². The summed E-state index contributed by atoms with van der Waals surface area (Å²) in [6.45, 7) is 4.89. The summed E-state index contributed by atoms with van der Waals surface area (Å²) in [7, 11) is 0. The predicted molar refractivity (Wildman–Crippen MR) is 105 cm³/mol. The Morgan fingerprint density at radius 2 is 2.17 bits per heavy atom. The highest BCUT2D eigenvalue weighted by molar-refractivity contribution is 5.77. The average Bonchev–Trinajstić information content (AvgIpc) is 3.43. The van der Waals surface area contributed by atoms with Crippen LogP contribution in [0, 0.1) is 5.92 Å². The van der Waals surface area contributed by atoms with Crippen molar-refractivity contribution in [1.29, 1.82) is 0 Å². The minimum atomic E-state index is -4.37. The second-order valence-electron chi connectivity index (χ2n) is 8.45. The van der Waals surface area contributed by atoms with E-state index in [0.717, 1.165) is 11.1 Å². The lowest BCUT2D eigenvalue weighted by atomic mass is 9.94. The zero-order chi connectivity index (χ0) is 21.5. The number of rotatable bonds is 5. The number of aromatic nitrogens is 4. The van der Waals surface area contributed by atoms with Crippen LogP contribution in [-0.4, -0.2) is 49.1 Å². The maximum Gasteiger partial charge on any atom is 0.410 e. The van der Waals surface area contributed by atoms with Crippen molar-refractivity contribution in [2.75, 3.05) is 11.9 Å². The topological polar surface area (TPSA) is 68.0 Å². The first kappa shape index (κ1) is 20.7. The zero-order valence-electron chi connectivity index (χ0n) is 17.1. The number of halogens is 3. The molecule has 2 aromatic heterocycles. The van der Waals surface area contributed by atoms with E-state index >= 15 is 0 Å². The summed E-state index contributed by atoms with van der Waals surface area (Å²) in [6.07, 6.45) is 0.845. The number of carbonyl (C=O) groups excluding carboxylic acids is 1. The highest BCUT2D eigenvalue weighted by atomic mass is 19.4. The van der Waals surface area contributed by atoms with Crippen LogP contribution in [0.4, 0.5) is 19.0 Å². The molecule has 0 radical (unpaired) electrons. The smallest absolute Gasteiger partial charge is 0.367 e. The lowest BCUT2D eigenvalue weighted by molar-refractivity contribution is -0.174. The zero-order valence-corrected chi connectivity index (χ0v) is 17.1. The number of anilines is 1. The fourth-order valence-corrected chi connectivity index (χ4v) is 4.38. The first-order valence-corrected chi connectivity index (χ1v) is 10.4. The van der Waals surface area contributed by atoms with Crippen LogP contribution in [0.3, 0.4) is 0 Å². The number of carbonyl (C=O) groups is 1. The van der Waals surface area contributed by atoms with E-state index in [9.17, 15) is 18.0 Å². The van der Waals surface area contributed by atoms with Gasteiger partial charge in [-0.3, -0.25) is 9.48 Å². The predicted octanol–water partition coefficient (Wildman–Crippen LogP) is 3.78. The maximum absolute atomic E-state index is 13.7. The van der Waals surface area contributed by atoms with E-state index in [-0.39, 0.29) is 30.3 Å². The van der Waals surface area contributed by atoms with Crippen molar-refractivity contribution >= 4 is 11.7 Å². The second kappa shape index (κ2) is 7.96. The summed E-state index contributed by atoms with van der Waals surface area (Å²) in [6, 6.07) is 1.27. The van der Waals surface area contributed by atoms with Crippen molar-refractivity contribution < 1.29 is 18.0 Å². The number of amides is 1. The van der Waals surface area contributed by atoms with E-state index in [1.54, 1.807) is 34.1 Å². The summed E-state index contributed by atoms with van der Waals surface area (Å²) in [4.78, 5) is 14.5. The molecule has 3 atom stereocenters. The molecule has 0 spiro atoms. The highest BCUT2D eigenvalue weighted by Crippen LogP contribution is 2.42. The minimum absolute atomic E-state index is 0.0284. The Bertz CT molecular complexity index is 876. The Morgan fingerprint density at radius 3 is 2.83 bits per heavy atom. The molecule has 2 aliphatic heterocycles. The van der Waals surface area contributed by atoms with Gasteiger partial charge >= 0.3 is 6.18 Å². The summed E-state index contributed by atoms with van der Waals surface area (Å²) in [5, 5.41) is 11.7. The SMILES string of the molecule is CC(C)[C@@H]1C[C@H](C(F)(F)F)n2nc(C3CCCN3C(=O)CCn3cccn3)cc2N1. The summed E-state index contributed by atoms with van der Waals surface area (Å²) < 4.78 is 43.9. The third-order valence-electron chi connectivity index (χ3n) is 6.07. The largest absolute Gasteiger partial charge is 0.410 e. The van der Waals surface area contributed by atoms with E-state index in [4.69, 9.17) is 0 Å². The summed E-state index contributed by atoms with van der Waals surface area (Å²) in [5.74, 6) is 0.418. The van der Waals surface area contributed by atoms with Gasteiger partial charge in [0.1, 0.15) is 5.82 Å². The van der Waals surface area contributed by atoms with Crippen molar-refractivity contribution in [3.63, 3.8) is 0 Å². The number of likely N-dealkylation sites (tertiary alicyclic amines) is 1. The fraction of sp³-hybridized carbons (Fsp3) is 0.650. The number of hydrogen-bond donors (Lipinski definition) is 1. The summed E-state index contributed by atoms with van der Waals surface area (Å²) >= 11 is 0. The van der Waals surface area contributed by atoms with Crippen LogP contribution >= 0.6 is 0 Å². The molecule has 1 fully saturated rings. The molecule has 30 heavy (non-hydrogen) atoms. The van der Waals surface area contributed by atoms with Crippen molar-refractivity contribution in [2.24, 2.45) is 5.92 Å². The Hall–Kier alpha value is -2.52. The molecular weight excluding hydrogens is 397 g/mol. The van der Waals surface area contributed by atoms with Crippen LogP contribution in [0.1, 0.15) is 57.3 Å². The van der Waals surface area contributed by atoms with Crippen LogP contribution in [0.5, 0.6) is 0 Å². The minimum Gasteiger partial charge on any atom is -0.367 e. The second-order valence-corrected chi connectivity index (χ2v) is 8.45. The normalized spacial score (nSPS) is 24.2.